The first-order valence-corrected chi connectivity index (χ1v) is 11.2. The van der Waals surface area contributed by atoms with E-state index in [4.69, 9.17) is 9.47 Å². The summed E-state index contributed by atoms with van der Waals surface area (Å²) in [4.78, 5) is 22.5. The van der Waals surface area contributed by atoms with Crippen molar-refractivity contribution in [2.24, 2.45) is 0 Å². The Balaban J connectivity index is 1.42. The van der Waals surface area contributed by atoms with Gasteiger partial charge in [0.05, 0.1) is 43.3 Å². The molecule has 0 aliphatic carbocycles. The Morgan fingerprint density at radius 1 is 0.971 bits per heavy atom. The van der Waals surface area contributed by atoms with Crippen molar-refractivity contribution in [2.45, 2.75) is 25.4 Å². The van der Waals surface area contributed by atoms with Crippen LogP contribution in [0.3, 0.4) is 0 Å². The number of benzene rings is 2. The summed E-state index contributed by atoms with van der Waals surface area (Å²) in [5.74, 6) is -1.27. The van der Waals surface area contributed by atoms with Gasteiger partial charge in [0.2, 0.25) is 11.7 Å². The average Bonchev–Trinajstić information content (AvgIpc) is 3.54. The van der Waals surface area contributed by atoms with Gasteiger partial charge in [0, 0.05) is 12.7 Å². The first-order valence-electron chi connectivity index (χ1n) is 11.2. The van der Waals surface area contributed by atoms with E-state index in [-0.39, 0.29) is 23.7 Å². The van der Waals surface area contributed by atoms with Crippen LogP contribution in [-0.2, 0) is 29.1 Å². The summed E-state index contributed by atoms with van der Waals surface area (Å²) in [6, 6.07) is 13.8. The molecule has 1 fully saturated rings. The Bertz CT molecular complexity index is 1460. The van der Waals surface area contributed by atoms with Crippen molar-refractivity contribution in [1.82, 2.24) is 19.3 Å². The Hall–Kier alpha value is -3.89. The van der Waals surface area contributed by atoms with Gasteiger partial charge in [-0.25, -0.2) is 23.4 Å². The molecule has 1 spiro atoms. The van der Waals surface area contributed by atoms with Crippen LogP contribution in [0.1, 0.15) is 5.56 Å². The van der Waals surface area contributed by atoms with Gasteiger partial charge in [-0.1, -0.05) is 24.3 Å². The molecule has 35 heavy (non-hydrogen) atoms. The molecule has 0 unspecified atom stereocenters. The highest BCUT2D eigenvalue weighted by atomic mass is 19.1. The van der Waals surface area contributed by atoms with E-state index in [1.165, 1.54) is 24.3 Å². The fourth-order valence-corrected chi connectivity index (χ4v) is 4.64. The number of nitrogens with one attached hydrogen (secondary N) is 1. The molecule has 0 bridgehead atoms. The maximum atomic E-state index is 13.6. The number of hydrogen-bond donors (Lipinski definition) is 1. The molecule has 0 radical (unpaired) electrons. The van der Waals surface area contributed by atoms with Gasteiger partial charge in [0.15, 0.2) is 0 Å². The van der Waals surface area contributed by atoms with Gasteiger partial charge in [0.25, 0.3) is 5.56 Å². The van der Waals surface area contributed by atoms with Crippen LogP contribution in [0.5, 0.6) is 0 Å². The fraction of sp³-hybridized carbons (Fsp3) is 0.240. The maximum absolute atomic E-state index is 13.6. The number of anilines is 1. The van der Waals surface area contributed by atoms with Gasteiger partial charge in [0.1, 0.15) is 11.6 Å². The monoisotopic (exact) mass is 477 g/mol. The van der Waals surface area contributed by atoms with Crippen LogP contribution in [0.25, 0.3) is 22.5 Å². The summed E-state index contributed by atoms with van der Waals surface area (Å²) < 4.78 is 42.2. The molecule has 0 atom stereocenters. The third-order valence-electron chi connectivity index (χ3n) is 6.20. The zero-order chi connectivity index (χ0) is 24.0. The molecule has 2 aliphatic rings. The highest BCUT2D eigenvalue weighted by Crippen LogP contribution is 2.36. The Morgan fingerprint density at radius 3 is 2.51 bits per heavy atom. The molecule has 4 aromatic rings. The first-order chi connectivity index (χ1) is 17.0. The first kappa shape index (κ1) is 21.6. The van der Waals surface area contributed by atoms with Crippen molar-refractivity contribution in [3.05, 3.63) is 88.3 Å². The topological polar surface area (TPSA) is 83.2 Å². The minimum absolute atomic E-state index is 0.240. The van der Waals surface area contributed by atoms with E-state index in [0.29, 0.717) is 54.8 Å². The molecule has 2 aliphatic heterocycles. The molecule has 1 saturated heterocycles. The smallest absolute Gasteiger partial charge is 0.275 e. The van der Waals surface area contributed by atoms with E-state index in [1.54, 1.807) is 41.2 Å². The second-order valence-electron chi connectivity index (χ2n) is 8.51. The fourth-order valence-electron chi connectivity index (χ4n) is 4.64. The van der Waals surface area contributed by atoms with Crippen molar-refractivity contribution in [3.63, 3.8) is 0 Å². The van der Waals surface area contributed by atoms with E-state index < -0.39 is 5.79 Å². The predicted molar refractivity (Wildman–Crippen MR) is 123 cm³/mol. The molecule has 0 amide bonds. The van der Waals surface area contributed by atoms with Crippen molar-refractivity contribution < 1.29 is 18.3 Å². The van der Waals surface area contributed by atoms with Crippen molar-refractivity contribution in [1.29, 1.82) is 0 Å². The lowest BCUT2D eigenvalue weighted by molar-refractivity contribution is -0.158. The molecule has 10 heteroatoms. The summed E-state index contributed by atoms with van der Waals surface area (Å²) in [5.41, 5.74) is 2.56. The van der Waals surface area contributed by atoms with Crippen LogP contribution < -0.4 is 10.9 Å². The molecular weight excluding hydrogens is 456 g/mol. The van der Waals surface area contributed by atoms with Gasteiger partial charge in [-0.15, -0.1) is 0 Å². The molecule has 8 nitrogen and oxygen atoms in total. The van der Waals surface area contributed by atoms with Crippen LogP contribution in [-0.4, -0.2) is 38.3 Å². The van der Waals surface area contributed by atoms with E-state index >= 15 is 0 Å². The standard InChI is InChI=1S/C25H21F2N5O3/c26-18-6-4-17(5-7-18)21-22(31-14-25(34-10-11-35-25)15-32(31)23(21)33)20-8-9-28-24(30-20)29-13-16-2-1-3-19(27)12-16/h1-9,12H,10-11,13-15H2,(H,28,29,30). The molecule has 178 valence electrons. The number of ether oxygens (including phenoxy) is 2. The van der Waals surface area contributed by atoms with Crippen LogP contribution in [0, 0.1) is 11.6 Å². The largest absolute Gasteiger partial charge is 0.350 e. The number of fused-ring (bicyclic) bond motifs is 1. The third kappa shape index (κ3) is 3.90. The zero-order valence-electron chi connectivity index (χ0n) is 18.6. The molecule has 4 heterocycles. The van der Waals surface area contributed by atoms with E-state index in [9.17, 15) is 13.6 Å². The maximum Gasteiger partial charge on any atom is 0.275 e. The number of hydrogen-bond acceptors (Lipinski definition) is 6. The van der Waals surface area contributed by atoms with Crippen molar-refractivity contribution >= 4 is 5.95 Å². The van der Waals surface area contributed by atoms with Gasteiger partial charge >= 0.3 is 0 Å². The minimum atomic E-state index is -0.888. The molecule has 0 saturated carbocycles. The summed E-state index contributed by atoms with van der Waals surface area (Å²) >= 11 is 0. The highest BCUT2D eigenvalue weighted by molar-refractivity contribution is 5.79. The second kappa shape index (κ2) is 8.40. The third-order valence-corrected chi connectivity index (χ3v) is 6.20. The van der Waals surface area contributed by atoms with E-state index in [1.807, 2.05) is 4.68 Å². The van der Waals surface area contributed by atoms with Gasteiger partial charge in [-0.05, 0) is 41.5 Å². The number of halogens is 2. The van der Waals surface area contributed by atoms with Crippen molar-refractivity contribution in [3.8, 4) is 22.5 Å². The van der Waals surface area contributed by atoms with Gasteiger partial charge < -0.3 is 14.8 Å². The average molecular weight is 477 g/mol. The Kier molecular flexibility index (Phi) is 5.19. The summed E-state index contributed by atoms with van der Waals surface area (Å²) in [5, 5.41) is 3.11. The van der Waals surface area contributed by atoms with Crippen LogP contribution >= 0.6 is 0 Å². The lowest BCUT2D eigenvalue weighted by Gasteiger charge is -2.20. The summed E-state index contributed by atoms with van der Waals surface area (Å²) in [6.45, 7) is 1.80. The quantitative estimate of drug-likeness (QED) is 0.474. The lowest BCUT2D eigenvalue weighted by atomic mass is 10.0. The molecule has 2 aromatic heterocycles. The Labute approximate surface area is 198 Å². The zero-order valence-corrected chi connectivity index (χ0v) is 18.6. The lowest BCUT2D eigenvalue weighted by Crippen LogP contribution is -2.34. The SMILES string of the molecule is O=c1c(-c2ccc(F)cc2)c(-c2ccnc(NCc3cccc(F)c3)n2)n2n1CC1(C2)OCCO1. The normalized spacial score (nSPS) is 16.1. The number of aromatic nitrogens is 4. The molecule has 1 N–H and O–H groups in total. The van der Waals surface area contributed by atoms with Crippen LogP contribution in [0.4, 0.5) is 14.7 Å². The minimum Gasteiger partial charge on any atom is -0.350 e. The molecule has 2 aromatic carbocycles. The van der Waals surface area contributed by atoms with E-state index in [0.717, 1.165) is 5.56 Å². The summed E-state index contributed by atoms with van der Waals surface area (Å²) in [7, 11) is 0. The van der Waals surface area contributed by atoms with Gasteiger partial charge in [-0.3, -0.25) is 9.48 Å². The highest BCUT2D eigenvalue weighted by Gasteiger charge is 2.46. The van der Waals surface area contributed by atoms with Crippen LogP contribution in [0.15, 0.2) is 65.6 Å². The van der Waals surface area contributed by atoms with Gasteiger partial charge in [-0.2, -0.15) is 0 Å². The number of rotatable bonds is 5. The molecular formula is C25H21F2N5O3. The van der Waals surface area contributed by atoms with Crippen LogP contribution in [0.2, 0.25) is 0 Å². The Morgan fingerprint density at radius 2 is 1.74 bits per heavy atom. The number of nitrogens with zero attached hydrogens (tertiary/aromatic N) is 4. The predicted octanol–water partition coefficient (Wildman–Crippen LogP) is 3.42. The summed E-state index contributed by atoms with van der Waals surface area (Å²) in [6.07, 6.45) is 1.59. The van der Waals surface area contributed by atoms with E-state index in [2.05, 4.69) is 15.3 Å². The second-order valence-corrected chi connectivity index (χ2v) is 8.51. The molecule has 6 rings (SSSR count). The van der Waals surface area contributed by atoms with Crippen molar-refractivity contribution in [2.75, 3.05) is 18.5 Å².